The maximum absolute atomic E-state index is 12.6. The van der Waals surface area contributed by atoms with Crippen molar-refractivity contribution >= 4 is 19.8 Å². The van der Waals surface area contributed by atoms with Gasteiger partial charge in [0.1, 0.15) is 12.7 Å². The summed E-state index contributed by atoms with van der Waals surface area (Å²) in [6.07, 6.45) is 34.9. The van der Waals surface area contributed by atoms with Crippen LogP contribution in [0, 0.1) is 0 Å². The first-order chi connectivity index (χ1) is 25.7. The summed E-state index contributed by atoms with van der Waals surface area (Å²) in [5.41, 5.74) is 0. The molecule has 0 amide bonds. The molecule has 1 unspecified atom stereocenters. The van der Waals surface area contributed by atoms with Gasteiger partial charge < -0.3 is 24.6 Å². The quantitative estimate of drug-likeness (QED) is 0.0310. The molecule has 0 rings (SSSR count). The van der Waals surface area contributed by atoms with Crippen LogP contribution in [0.5, 0.6) is 0 Å². The molecule has 0 aromatic rings. The second kappa shape index (κ2) is 39.2. The van der Waals surface area contributed by atoms with E-state index in [2.05, 4.69) is 13.8 Å². The summed E-state index contributed by atoms with van der Waals surface area (Å²) in [6.45, 7) is 2.42. The van der Waals surface area contributed by atoms with E-state index < -0.39 is 51.8 Å². The third-order valence-electron chi connectivity index (χ3n) is 9.76. The highest BCUT2D eigenvalue weighted by Crippen LogP contribution is 2.43. The smallest absolute Gasteiger partial charge is 0.462 e. The Bertz CT molecular complexity index is 858. The SMILES string of the molecule is CCCCCCCCCCCCCCCCCCCC(=O)O[C@H](COC(=O)CCCCCCCCCCCCCCC)COP(=O)(O)OC[C@@H](O)CO. The molecule has 53 heavy (non-hydrogen) atoms. The van der Waals surface area contributed by atoms with Crippen molar-refractivity contribution in [3.63, 3.8) is 0 Å². The fourth-order valence-corrected chi connectivity index (χ4v) is 7.14. The van der Waals surface area contributed by atoms with Crippen molar-refractivity contribution in [1.82, 2.24) is 0 Å². The van der Waals surface area contributed by atoms with Crippen LogP contribution in [0.15, 0.2) is 0 Å². The van der Waals surface area contributed by atoms with E-state index >= 15 is 0 Å². The monoisotopic (exact) mass is 779 g/mol. The van der Waals surface area contributed by atoms with Crippen molar-refractivity contribution in [2.45, 2.75) is 232 Å². The first-order valence-corrected chi connectivity index (χ1v) is 23.5. The van der Waals surface area contributed by atoms with E-state index in [1.54, 1.807) is 0 Å². The zero-order valence-corrected chi connectivity index (χ0v) is 35.2. The molecule has 0 fully saturated rings. The molecule has 0 heterocycles. The van der Waals surface area contributed by atoms with Gasteiger partial charge in [-0.3, -0.25) is 18.6 Å². The number of aliphatic hydroxyl groups excluding tert-OH is 2. The molecular formula is C42H83O10P. The summed E-state index contributed by atoms with van der Waals surface area (Å²) in [7, 11) is -4.61. The van der Waals surface area contributed by atoms with Gasteiger partial charge in [0.15, 0.2) is 6.10 Å². The van der Waals surface area contributed by atoms with Crippen molar-refractivity contribution < 1.29 is 47.8 Å². The lowest BCUT2D eigenvalue weighted by Gasteiger charge is -2.20. The summed E-state index contributed by atoms with van der Waals surface area (Å²) in [5.74, 6) is -0.909. The maximum atomic E-state index is 12.6. The van der Waals surface area contributed by atoms with Crippen LogP contribution in [-0.2, 0) is 32.7 Å². The molecule has 0 aromatic heterocycles. The Kier molecular flexibility index (Phi) is 38.5. The van der Waals surface area contributed by atoms with E-state index in [4.69, 9.17) is 23.6 Å². The Morgan fingerprint density at radius 1 is 0.491 bits per heavy atom. The van der Waals surface area contributed by atoms with Gasteiger partial charge in [0, 0.05) is 12.8 Å². The normalized spacial score (nSPS) is 13.8. The molecule has 3 atom stereocenters. The number of aliphatic hydroxyl groups is 2. The number of ether oxygens (including phenoxy) is 2. The van der Waals surface area contributed by atoms with E-state index in [1.165, 1.54) is 141 Å². The molecule has 0 saturated carbocycles. The largest absolute Gasteiger partial charge is 0.472 e. The molecule has 0 aliphatic heterocycles. The predicted octanol–water partition coefficient (Wildman–Crippen LogP) is 11.5. The maximum Gasteiger partial charge on any atom is 0.472 e. The van der Waals surface area contributed by atoms with E-state index in [1.807, 2.05) is 0 Å². The van der Waals surface area contributed by atoms with Gasteiger partial charge >= 0.3 is 19.8 Å². The van der Waals surface area contributed by atoms with Crippen LogP contribution in [0.25, 0.3) is 0 Å². The average Bonchev–Trinajstić information content (AvgIpc) is 3.14. The van der Waals surface area contributed by atoms with E-state index in [0.29, 0.717) is 12.8 Å². The van der Waals surface area contributed by atoms with Gasteiger partial charge in [-0.25, -0.2) is 4.57 Å². The summed E-state index contributed by atoms with van der Waals surface area (Å²) >= 11 is 0. The standard InChI is InChI=1S/C42H83O10P/c1-3-5-7-9-11-13-15-17-18-19-20-22-24-26-28-30-32-34-42(46)52-40(38-51-53(47,48)50-36-39(44)35-43)37-49-41(45)33-31-29-27-25-23-21-16-14-12-10-8-6-4-2/h39-40,43-44H,3-38H2,1-2H3,(H,47,48)/t39-,40+/m0/s1. The predicted molar refractivity (Wildman–Crippen MR) is 215 cm³/mol. The number of esters is 2. The summed E-state index contributed by atoms with van der Waals surface area (Å²) in [4.78, 5) is 35.0. The van der Waals surface area contributed by atoms with Gasteiger partial charge in [-0.2, -0.15) is 0 Å². The molecule has 10 nitrogen and oxygen atoms in total. The Morgan fingerprint density at radius 2 is 0.811 bits per heavy atom. The van der Waals surface area contributed by atoms with E-state index in [0.717, 1.165) is 38.5 Å². The highest BCUT2D eigenvalue weighted by atomic mass is 31.2. The third kappa shape index (κ3) is 39.0. The van der Waals surface area contributed by atoms with Gasteiger partial charge in [0.25, 0.3) is 0 Å². The minimum atomic E-state index is -4.61. The third-order valence-corrected chi connectivity index (χ3v) is 10.7. The zero-order valence-electron chi connectivity index (χ0n) is 34.3. The minimum absolute atomic E-state index is 0.192. The Labute approximate surface area is 324 Å². The lowest BCUT2D eigenvalue weighted by Crippen LogP contribution is -2.29. The van der Waals surface area contributed by atoms with Crippen LogP contribution in [0.2, 0.25) is 0 Å². The summed E-state index contributed by atoms with van der Waals surface area (Å²) < 4.78 is 32.7. The molecule has 316 valence electrons. The number of hydrogen-bond donors (Lipinski definition) is 3. The molecular weight excluding hydrogens is 695 g/mol. The van der Waals surface area contributed by atoms with Gasteiger partial charge in [-0.1, -0.05) is 194 Å². The lowest BCUT2D eigenvalue weighted by molar-refractivity contribution is -0.161. The second-order valence-electron chi connectivity index (χ2n) is 15.1. The van der Waals surface area contributed by atoms with E-state index in [-0.39, 0.29) is 19.4 Å². The fourth-order valence-electron chi connectivity index (χ4n) is 6.35. The zero-order chi connectivity index (χ0) is 39.1. The van der Waals surface area contributed by atoms with Crippen LogP contribution in [0.1, 0.15) is 219 Å². The topological polar surface area (TPSA) is 149 Å². The molecule has 0 aliphatic carbocycles. The van der Waals surface area contributed by atoms with Crippen LogP contribution >= 0.6 is 7.82 Å². The number of phosphoric acid groups is 1. The van der Waals surface area contributed by atoms with Gasteiger partial charge in [0.05, 0.1) is 19.8 Å². The van der Waals surface area contributed by atoms with Gasteiger partial charge in [0.2, 0.25) is 0 Å². The average molecular weight is 779 g/mol. The highest BCUT2D eigenvalue weighted by Gasteiger charge is 2.27. The van der Waals surface area contributed by atoms with Crippen LogP contribution < -0.4 is 0 Å². The Morgan fingerprint density at radius 3 is 1.17 bits per heavy atom. The Hall–Kier alpha value is -1.03. The van der Waals surface area contributed by atoms with Gasteiger partial charge in [-0.15, -0.1) is 0 Å². The molecule has 0 radical (unpaired) electrons. The first-order valence-electron chi connectivity index (χ1n) is 22.0. The second-order valence-corrected chi connectivity index (χ2v) is 16.5. The van der Waals surface area contributed by atoms with Crippen molar-refractivity contribution in [1.29, 1.82) is 0 Å². The van der Waals surface area contributed by atoms with Crippen molar-refractivity contribution in [2.24, 2.45) is 0 Å². The number of carbonyl (C=O) groups is 2. The fraction of sp³-hybridized carbons (Fsp3) is 0.952. The van der Waals surface area contributed by atoms with Crippen LogP contribution in [0.3, 0.4) is 0 Å². The van der Waals surface area contributed by atoms with Crippen molar-refractivity contribution in [2.75, 3.05) is 26.4 Å². The van der Waals surface area contributed by atoms with Crippen LogP contribution in [-0.4, -0.2) is 65.7 Å². The minimum Gasteiger partial charge on any atom is -0.462 e. The number of carbonyl (C=O) groups excluding carboxylic acids is 2. The van der Waals surface area contributed by atoms with E-state index in [9.17, 15) is 24.2 Å². The lowest BCUT2D eigenvalue weighted by atomic mass is 10.0. The highest BCUT2D eigenvalue weighted by molar-refractivity contribution is 7.47. The summed E-state index contributed by atoms with van der Waals surface area (Å²) in [5, 5.41) is 18.3. The summed E-state index contributed by atoms with van der Waals surface area (Å²) in [6, 6.07) is 0. The molecule has 0 bridgehead atoms. The van der Waals surface area contributed by atoms with Gasteiger partial charge in [-0.05, 0) is 12.8 Å². The molecule has 3 N–H and O–H groups in total. The molecule has 0 aromatic carbocycles. The number of rotatable bonds is 42. The number of phosphoric ester groups is 1. The van der Waals surface area contributed by atoms with Crippen molar-refractivity contribution in [3.05, 3.63) is 0 Å². The molecule has 0 saturated heterocycles. The Balaban J connectivity index is 4.23. The number of hydrogen-bond acceptors (Lipinski definition) is 9. The van der Waals surface area contributed by atoms with Crippen molar-refractivity contribution in [3.8, 4) is 0 Å². The molecule has 0 spiro atoms. The number of unbranched alkanes of at least 4 members (excludes halogenated alkanes) is 28. The molecule has 0 aliphatic rings. The van der Waals surface area contributed by atoms with Crippen LogP contribution in [0.4, 0.5) is 0 Å². The first kappa shape index (κ1) is 52.0. The molecule has 11 heteroatoms.